The highest BCUT2D eigenvalue weighted by Gasteiger charge is 2.18. The number of thioether (sulfide) groups is 1. The molecule has 1 atom stereocenters. The predicted molar refractivity (Wildman–Crippen MR) is 113 cm³/mol. The van der Waals surface area contributed by atoms with Gasteiger partial charge in [0.2, 0.25) is 5.55 Å². The zero-order valence-electron chi connectivity index (χ0n) is 16.1. The maximum atomic E-state index is 12.9. The van der Waals surface area contributed by atoms with Crippen LogP contribution in [-0.4, -0.2) is 36.5 Å². The first-order valence-electron chi connectivity index (χ1n) is 9.48. The van der Waals surface area contributed by atoms with Crippen LogP contribution in [0.15, 0.2) is 62.8 Å². The van der Waals surface area contributed by atoms with Gasteiger partial charge in [0, 0.05) is 29.5 Å². The number of hydrogen-bond donors (Lipinski definition) is 2. The molecule has 0 saturated carbocycles. The number of hydrogen-bond acceptors (Lipinski definition) is 6. The van der Waals surface area contributed by atoms with E-state index < -0.39 is 0 Å². The molecule has 0 spiro atoms. The highest BCUT2D eigenvalue weighted by molar-refractivity contribution is 7.98. The summed E-state index contributed by atoms with van der Waals surface area (Å²) in [4.78, 5) is 18.6. The second-order valence-electron chi connectivity index (χ2n) is 6.84. The lowest BCUT2D eigenvalue weighted by molar-refractivity contribution is 0.0854. The Labute approximate surface area is 172 Å². The van der Waals surface area contributed by atoms with Crippen LogP contribution in [0.2, 0.25) is 0 Å². The van der Waals surface area contributed by atoms with E-state index in [-0.39, 0.29) is 23.3 Å². The number of carbonyl (C=O) groups excluding carboxylic acids is 1. The summed E-state index contributed by atoms with van der Waals surface area (Å²) in [5.74, 6) is -0.175. The van der Waals surface area contributed by atoms with Crippen LogP contribution in [0.1, 0.15) is 23.2 Å². The molecule has 1 aliphatic heterocycles. The first kappa shape index (κ1) is 19.5. The molecule has 2 aromatic carbocycles. The Morgan fingerprint density at radius 1 is 1.24 bits per heavy atom. The Balaban J connectivity index is 1.73. The molecule has 150 valence electrons. The van der Waals surface area contributed by atoms with Gasteiger partial charge >= 0.3 is 0 Å². The molecular formula is C22H22N2O4S. The van der Waals surface area contributed by atoms with Gasteiger partial charge < -0.3 is 19.6 Å². The number of benzene rings is 2. The second kappa shape index (κ2) is 8.71. The van der Waals surface area contributed by atoms with Gasteiger partial charge in [-0.25, -0.2) is 4.99 Å². The van der Waals surface area contributed by atoms with Gasteiger partial charge in [-0.3, -0.25) is 4.79 Å². The molecule has 1 amide bonds. The van der Waals surface area contributed by atoms with Crippen LogP contribution in [0.5, 0.6) is 5.75 Å². The first-order chi connectivity index (χ1) is 14.1. The maximum Gasteiger partial charge on any atom is 0.256 e. The van der Waals surface area contributed by atoms with Crippen molar-refractivity contribution in [1.82, 2.24) is 5.32 Å². The van der Waals surface area contributed by atoms with Crippen molar-refractivity contribution in [2.75, 3.05) is 19.4 Å². The maximum absolute atomic E-state index is 12.9. The van der Waals surface area contributed by atoms with Crippen LogP contribution in [0.3, 0.4) is 0 Å². The molecule has 29 heavy (non-hydrogen) atoms. The van der Waals surface area contributed by atoms with E-state index in [1.807, 2.05) is 30.5 Å². The van der Waals surface area contributed by atoms with Crippen LogP contribution < -0.4 is 10.9 Å². The highest BCUT2D eigenvalue weighted by Crippen LogP contribution is 2.22. The Kier molecular flexibility index (Phi) is 5.87. The van der Waals surface area contributed by atoms with Gasteiger partial charge in [-0.05, 0) is 61.6 Å². The number of amides is 1. The van der Waals surface area contributed by atoms with Crippen molar-refractivity contribution < 1.29 is 19.1 Å². The zero-order valence-corrected chi connectivity index (χ0v) is 16.9. The van der Waals surface area contributed by atoms with Crippen molar-refractivity contribution >= 4 is 34.3 Å². The molecule has 0 bridgehead atoms. The molecule has 7 heteroatoms. The zero-order chi connectivity index (χ0) is 20.2. The van der Waals surface area contributed by atoms with Gasteiger partial charge in [0.25, 0.3) is 5.91 Å². The summed E-state index contributed by atoms with van der Waals surface area (Å²) in [6.45, 7) is 1.19. The summed E-state index contributed by atoms with van der Waals surface area (Å²) >= 11 is 1.65. The minimum Gasteiger partial charge on any atom is -0.508 e. The van der Waals surface area contributed by atoms with Crippen LogP contribution in [0.25, 0.3) is 11.0 Å². The van der Waals surface area contributed by atoms with Crippen molar-refractivity contribution in [2.45, 2.75) is 23.8 Å². The minimum absolute atomic E-state index is 0.0489. The average Bonchev–Trinajstić information content (AvgIpc) is 3.26. The lowest BCUT2D eigenvalue weighted by atomic mass is 10.1. The molecule has 4 rings (SSSR count). The largest absolute Gasteiger partial charge is 0.508 e. The van der Waals surface area contributed by atoms with Crippen molar-refractivity contribution in [3.05, 3.63) is 59.6 Å². The van der Waals surface area contributed by atoms with E-state index in [1.165, 1.54) is 6.07 Å². The fraction of sp³-hybridized carbons (Fsp3) is 0.273. The van der Waals surface area contributed by atoms with Gasteiger partial charge in [-0.1, -0.05) is 0 Å². The number of aromatic hydroxyl groups is 1. The fourth-order valence-corrected chi connectivity index (χ4v) is 3.64. The van der Waals surface area contributed by atoms with Gasteiger partial charge in [-0.15, -0.1) is 11.8 Å². The van der Waals surface area contributed by atoms with Gasteiger partial charge in [0.15, 0.2) is 0 Å². The summed E-state index contributed by atoms with van der Waals surface area (Å²) < 4.78 is 11.5. The third kappa shape index (κ3) is 4.63. The van der Waals surface area contributed by atoms with E-state index in [2.05, 4.69) is 10.3 Å². The number of nitrogens with one attached hydrogen (secondary N) is 1. The van der Waals surface area contributed by atoms with E-state index in [0.29, 0.717) is 28.8 Å². The normalized spacial score (nSPS) is 17.0. The number of fused-ring (bicyclic) bond motifs is 1. The van der Waals surface area contributed by atoms with Gasteiger partial charge in [-0.2, -0.15) is 0 Å². The third-order valence-corrected chi connectivity index (χ3v) is 5.54. The number of carbonyl (C=O) groups is 1. The molecule has 0 unspecified atom stereocenters. The van der Waals surface area contributed by atoms with E-state index >= 15 is 0 Å². The fourth-order valence-electron chi connectivity index (χ4n) is 3.23. The number of phenols is 1. The molecule has 1 saturated heterocycles. The van der Waals surface area contributed by atoms with E-state index in [1.54, 1.807) is 30.0 Å². The number of nitrogens with zero attached hydrogens (tertiary/aromatic N) is 1. The van der Waals surface area contributed by atoms with E-state index in [9.17, 15) is 9.90 Å². The molecule has 6 nitrogen and oxygen atoms in total. The average molecular weight is 410 g/mol. The number of phenolic OH excluding ortho intramolecular Hbond substituents is 1. The van der Waals surface area contributed by atoms with Crippen LogP contribution in [-0.2, 0) is 4.74 Å². The molecule has 1 fully saturated rings. The van der Waals surface area contributed by atoms with E-state index in [4.69, 9.17) is 9.15 Å². The number of ether oxygens (including phenoxy) is 1. The Morgan fingerprint density at radius 2 is 2.07 bits per heavy atom. The monoisotopic (exact) mass is 410 g/mol. The highest BCUT2D eigenvalue weighted by atomic mass is 32.2. The summed E-state index contributed by atoms with van der Waals surface area (Å²) in [5.41, 5.74) is 1.68. The molecule has 2 N–H and O–H groups in total. The molecule has 1 aromatic heterocycles. The Bertz CT molecular complexity index is 1090. The smallest absolute Gasteiger partial charge is 0.256 e. The van der Waals surface area contributed by atoms with Crippen LogP contribution in [0, 0.1) is 0 Å². The quantitative estimate of drug-likeness (QED) is 0.621. The van der Waals surface area contributed by atoms with Crippen LogP contribution in [0.4, 0.5) is 5.69 Å². The molecule has 1 aliphatic rings. The molecule has 2 heterocycles. The third-order valence-electron chi connectivity index (χ3n) is 4.80. The first-order valence-corrected chi connectivity index (χ1v) is 10.7. The minimum atomic E-state index is -0.265. The van der Waals surface area contributed by atoms with Crippen molar-refractivity contribution in [2.24, 2.45) is 4.99 Å². The summed E-state index contributed by atoms with van der Waals surface area (Å²) in [6.07, 6.45) is 4.02. The second-order valence-corrected chi connectivity index (χ2v) is 7.72. The van der Waals surface area contributed by atoms with Crippen molar-refractivity contribution in [1.29, 1.82) is 0 Å². The lowest BCUT2D eigenvalue weighted by Crippen LogP contribution is -2.34. The summed E-state index contributed by atoms with van der Waals surface area (Å²) in [7, 11) is 0. The SMILES string of the molecule is CSc1ccc(N=c2oc3cc(O)ccc3cc2C(=O)NC[C@@H]2CCCO2)cc1. The van der Waals surface area contributed by atoms with Gasteiger partial charge in [0.05, 0.1) is 11.8 Å². The Morgan fingerprint density at radius 3 is 2.79 bits per heavy atom. The van der Waals surface area contributed by atoms with Crippen molar-refractivity contribution in [3.63, 3.8) is 0 Å². The number of rotatable bonds is 5. The Hall–Kier alpha value is -2.77. The van der Waals surface area contributed by atoms with Crippen molar-refractivity contribution in [3.8, 4) is 5.75 Å². The predicted octanol–water partition coefficient (Wildman–Crippen LogP) is 4.00. The summed E-state index contributed by atoms with van der Waals surface area (Å²) in [5, 5.41) is 13.4. The molecule has 0 aliphatic carbocycles. The topological polar surface area (TPSA) is 84.1 Å². The van der Waals surface area contributed by atoms with Gasteiger partial charge in [0.1, 0.15) is 16.9 Å². The standard InChI is InChI=1S/C22H22N2O4S/c1-29-18-8-5-15(6-9-18)24-22-19(21(26)23-13-17-3-2-10-27-17)11-14-4-7-16(25)12-20(14)28-22/h4-9,11-12,17,25H,2-3,10,13H2,1H3,(H,23,26)/t17-/m0/s1. The summed E-state index contributed by atoms with van der Waals surface area (Å²) in [6, 6.07) is 14.2. The van der Waals surface area contributed by atoms with Crippen LogP contribution >= 0.6 is 11.8 Å². The molecule has 0 radical (unpaired) electrons. The molecular weight excluding hydrogens is 388 g/mol. The lowest BCUT2D eigenvalue weighted by Gasteiger charge is -2.11. The molecule has 3 aromatic rings. The van der Waals surface area contributed by atoms with E-state index in [0.717, 1.165) is 24.3 Å².